The van der Waals surface area contributed by atoms with Crippen LogP contribution in [0.4, 0.5) is 10.1 Å². The second-order valence-corrected chi connectivity index (χ2v) is 8.91. The number of hydrogen-bond donors (Lipinski definition) is 1. The van der Waals surface area contributed by atoms with Crippen LogP contribution in [-0.2, 0) is 12.2 Å². The van der Waals surface area contributed by atoms with Gasteiger partial charge in [-0.15, -0.1) is 10.2 Å². The van der Waals surface area contributed by atoms with Gasteiger partial charge in [0.2, 0.25) is 5.89 Å². The van der Waals surface area contributed by atoms with Crippen LogP contribution in [-0.4, -0.2) is 32.8 Å². The smallest absolute Gasteiger partial charge is 0.277 e. The van der Waals surface area contributed by atoms with E-state index >= 15 is 0 Å². The Morgan fingerprint density at radius 2 is 1.78 bits per heavy atom. The maximum Gasteiger partial charge on any atom is 0.277 e. The Kier molecular flexibility index (Phi) is 7.27. The molecule has 0 radical (unpaired) electrons. The van der Waals surface area contributed by atoms with Crippen molar-refractivity contribution in [2.45, 2.75) is 17.3 Å². The van der Waals surface area contributed by atoms with E-state index in [9.17, 15) is 9.18 Å². The predicted octanol–water partition coefficient (Wildman–Crippen LogP) is 5.54. The van der Waals surface area contributed by atoms with Gasteiger partial charge in [-0.25, -0.2) is 9.37 Å². The van der Waals surface area contributed by atoms with Crippen LogP contribution in [0, 0.1) is 5.82 Å². The number of hydrogen-bond acceptors (Lipinski definition) is 7. The number of nitrogens with zero attached hydrogens (tertiary/aromatic N) is 4. The number of halogens is 1. The Morgan fingerprint density at radius 1 is 1.03 bits per heavy atom. The standard InChI is InChI=1S/C27H22FN5O3S/c1-35-22-13-11-21(12-14-22)33-24(15-18-5-3-2-4-6-18)31-32-27(33)37-17-25-30-23(16-36-25)26(34)29-20-9-7-19(28)8-10-20/h2-14,16H,15,17H2,1H3,(H,29,34). The van der Waals surface area contributed by atoms with Crippen LogP contribution in [0.25, 0.3) is 5.69 Å². The number of aromatic nitrogens is 4. The fourth-order valence-corrected chi connectivity index (χ4v) is 4.44. The van der Waals surface area contributed by atoms with E-state index in [0.29, 0.717) is 28.9 Å². The first-order valence-corrected chi connectivity index (χ1v) is 12.3. The molecule has 5 rings (SSSR count). The third-order valence-corrected chi connectivity index (χ3v) is 6.36. The van der Waals surface area contributed by atoms with Gasteiger partial charge in [-0.3, -0.25) is 9.36 Å². The molecule has 0 aliphatic heterocycles. The van der Waals surface area contributed by atoms with E-state index in [1.54, 1.807) is 7.11 Å². The summed E-state index contributed by atoms with van der Waals surface area (Å²) in [6.45, 7) is 0. The van der Waals surface area contributed by atoms with Gasteiger partial charge in [-0.05, 0) is 54.1 Å². The number of carbonyl (C=O) groups excluding carboxylic acids is 1. The zero-order valence-electron chi connectivity index (χ0n) is 19.8. The molecule has 1 amide bonds. The van der Waals surface area contributed by atoms with Crippen molar-refractivity contribution in [3.63, 3.8) is 0 Å². The Bertz CT molecular complexity index is 1490. The Labute approximate surface area is 216 Å². The minimum Gasteiger partial charge on any atom is -0.497 e. The number of oxazole rings is 1. The molecule has 0 fully saturated rings. The lowest BCUT2D eigenvalue weighted by Crippen LogP contribution is -2.12. The molecule has 1 N–H and O–H groups in total. The fraction of sp³-hybridized carbons (Fsp3) is 0.111. The van der Waals surface area contributed by atoms with Gasteiger partial charge in [0.1, 0.15) is 23.7 Å². The molecule has 186 valence electrons. The molecule has 8 nitrogen and oxygen atoms in total. The highest BCUT2D eigenvalue weighted by molar-refractivity contribution is 7.98. The maximum atomic E-state index is 13.1. The van der Waals surface area contributed by atoms with Crippen molar-refractivity contribution in [3.05, 3.63) is 114 Å². The minimum absolute atomic E-state index is 0.126. The molecule has 0 spiro atoms. The number of carbonyl (C=O) groups is 1. The zero-order chi connectivity index (χ0) is 25.6. The lowest BCUT2D eigenvalue weighted by molar-refractivity contribution is 0.102. The monoisotopic (exact) mass is 515 g/mol. The molecule has 0 saturated carbocycles. The number of anilines is 1. The Morgan fingerprint density at radius 3 is 2.51 bits per heavy atom. The molecular weight excluding hydrogens is 493 g/mol. The summed E-state index contributed by atoms with van der Waals surface area (Å²) in [5, 5.41) is 12.2. The number of methoxy groups -OCH3 is 1. The Hall–Kier alpha value is -4.44. The highest BCUT2D eigenvalue weighted by Gasteiger charge is 2.18. The molecule has 5 aromatic rings. The number of ether oxygens (including phenoxy) is 1. The average molecular weight is 516 g/mol. The van der Waals surface area contributed by atoms with E-state index in [4.69, 9.17) is 9.15 Å². The molecule has 37 heavy (non-hydrogen) atoms. The summed E-state index contributed by atoms with van der Waals surface area (Å²) in [7, 11) is 1.63. The second kappa shape index (κ2) is 11.1. The van der Waals surface area contributed by atoms with Crippen LogP contribution in [0.15, 0.2) is 94.7 Å². The van der Waals surface area contributed by atoms with Gasteiger partial charge in [0, 0.05) is 17.8 Å². The average Bonchev–Trinajstić information content (AvgIpc) is 3.57. The van der Waals surface area contributed by atoms with Crippen molar-refractivity contribution in [2.75, 3.05) is 12.4 Å². The summed E-state index contributed by atoms with van der Waals surface area (Å²) < 4.78 is 25.9. The lowest BCUT2D eigenvalue weighted by atomic mass is 10.1. The van der Waals surface area contributed by atoms with E-state index in [2.05, 4.69) is 20.5 Å². The second-order valence-electron chi connectivity index (χ2n) is 7.97. The summed E-state index contributed by atoms with van der Waals surface area (Å²) >= 11 is 1.40. The third kappa shape index (κ3) is 5.87. The van der Waals surface area contributed by atoms with E-state index in [0.717, 1.165) is 22.8 Å². The molecule has 0 atom stereocenters. The van der Waals surface area contributed by atoms with Gasteiger partial charge in [-0.1, -0.05) is 42.1 Å². The van der Waals surface area contributed by atoms with Crippen LogP contribution < -0.4 is 10.1 Å². The molecule has 0 unspecified atom stereocenters. The molecule has 3 aromatic carbocycles. The summed E-state index contributed by atoms with van der Waals surface area (Å²) in [5.74, 6) is 1.41. The maximum absolute atomic E-state index is 13.1. The van der Waals surface area contributed by atoms with Gasteiger partial charge < -0.3 is 14.5 Å². The SMILES string of the molecule is COc1ccc(-n2c(Cc3ccccc3)nnc2SCc2nc(C(=O)Nc3ccc(F)cc3)co2)cc1. The first-order chi connectivity index (χ1) is 18.1. The fourth-order valence-electron chi connectivity index (χ4n) is 3.61. The van der Waals surface area contributed by atoms with Gasteiger partial charge >= 0.3 is 0 Å². The molecule has 0 aliphatic carbocycles. The molecule has 0 aliphatic rings. The third-order valence-electron chi connectivity index (χ3n) is 5.45. The van der Waals surface area contributed by atoms with Crippen molar-refractivity contribution < 1.29 is 18.3 Å². The predicted molar refractivity (Wildman–Crippen MR) is 138 cm³/mol. The lowest BCUT2D eigenvalue weighted by Gasteiger charge is -2.11. The Balaban J connectivity index is 1.33. The number of amides is 1. The summed E-state index contributed by atoms with van der Waals surface area (Å²) in [4.78, 5) is 16.8. The van der Waals surface area contributed by atoms with Gasteiger partial charge in [-0.2, -0.15) is 0 Å². The zero-order valence-corrected chi connectivity index (χ0v) is 20.6. The van der Waals surface area contributed by atoms with E-state index in [1.807, 2.05) is 59.2 Å². The number of benzene rings is 3. The molecule has 10 heteroatoms. The van der Waals surface area contributed by atoms with Crippen molar-refractivity contribution in [1.29, 1.82) is 0 Å². The van der Waals surface area contributed by atoms with Crippen LogP contribution in [0.1, 0.15) is 27.8 Å². The number of thioether (sulfide) groups is 1. The first-order valence-electron chi connectivity index (χ1n) is 11.4. The molecular formula is C27H22FN5O3S. The van der Waals surface area contributed by atoms with E-state index in [1.165, 1.54) is 42.3 Å². The largest absolute Gasteiger partial charge is 0.497 e. The van der Waals surface area contributed by atoms with Crippen molar-refractivity contribution in [1.82, 2.24) is 19.7 Å². The number of rotatable bonds is 9. The molecule has 0 bridgehead atoms. The van der Waals surface area contributed by atoms with E-state index in [-0.39, 0.29) is 11.5 Å². The minimum atomic E-state index is -0.446. The van der Waals surface area contributed by atoms with Crippen molar-refractivity contribution in [2.24, 2.45) is 0 Å². The summed E-state index contributed by atoms with van der Waals surface area (Å²) in [5.41, 5.74) is 2.60. The molecule has 2 heterocycles. The quantitative estimate of drug-likeness (QED) is 0.258. The van der Waals surface area contributed by atoms with Gasteiger partial charge in [0.05, 0.1) is 12.9 Å². The highest BCUT2D eigenvalue weighted by atomic mass is 32.2. The first kappa shape index (κ1) is 24.3. The molecule has 2 aromatic heterocycles. The van der Waals surface area contributed by atoms with Crippen LogP contribution >= 0.6 is 11.8 Å². The van der Waals surface area contributed by atoms with Gasteiger partial charge in [0.25, 0.3) is 5.91 Å². The summed E-state index contributed by atoms with van der Waals surface area (Å²) in [6, 6.07) is 23.2. The van der Waals surface area contributed by atoms with E-state index < -0.39 is 5.91 Å². The highest BCUT2D eigenvalue weighted by Crippen LogP contribution is 2.27. The molecule has 0 saturated heterocycles. The van der Waals surface area contributed by atoms with Gasteiger partial charge in [0.15, 0.2) is 10.9 Å². The topological polar surface area (TPSA) is 95.1 Å². The van der Waals surface area contributed by atoms with Crippen LogP contribution in [0.2, 0.25) is 0 Å². The van der Waals surface area contributed by atoms with Crippen LogP contribution in [0.3, 0.4) is 0 Å². The van der Waals surface area contributed by atoms with Crippen LogP contribution in [0.5, 0.6) is 5.75 Å². The number of nitrogens with one attached hydrogen (secondary N) is 1. The van der Waals surface area contributed by atoms with Crippen molar-refractivity contribution >= 4 is 23.4 Å². The van der Waals surface area contributed by atoms with Crippen molar-refractivity contribution in [3.8, 4) is 11.4 Å². The normalized spacial score (nSPS) is 10.9. The summed E-state index contributed by atoms with van der Waals surface area (Å²) in [6.07, 6.45) is 1.90.